The lowest BCUT2D eigenvalue weighted by Gasteiger charge is -2.22. The Morgan fingerprint density at radius 2 is 1.52 bits per heavy atom. The van der Waals surface area contributed by atoms with E-state index in [9.17, 15) is 0 Å². The Morgan fingerprint density at radius 3 is 2.30 bits per heavy atom. The van der Waals surface area contributed by atoms with Gasteiger partial charge in [-0.3, -0.25) is 0 Å². The minimum Gasteiger partial charge on any atom is -0.356 e. The molecule has 0 aromatic heterocycles. The van der Waals surface area contributed by atoms with Crippen molar-refractivity contribution < 1.29 is 0 Å². The summed E-state index contributed by atoms with van der Waals surface area (Å²) < 4.78 is 0. The molecular formula is C45H41N. The van der Waals surface area contributed by atoms with E-state index in [1.165, 1.54) is 44.5 Å². The third-order valence-corrected chi connectivity index (χ3v) is 8.95. The SMILES string of the molecule is C=C\C=C/C=C/C(C=C)=C/C=C/C1C=CC(Nc2ccc(-c3ccc4c(c3)C(C)(C)c3ccccc3-4)c(-c3ccccc3)c2)=CC1. The molecule has 4 aromatic rings. The maximum atomic E-state index is 3.92. The van der Waals surface area contributed by atoms with E-state index in [0.29, 0.717) is 5.92 Å². The van der Waals surface area contributed by atoms with Crippen molar-refractivity contribution in [1.82, 2.24) is 0 Å². The van der Waals surface area contributed by atoms with Crippen molar-refractivity contribution in [3.05, 3.63) is 199 Å². The Bertz CT molecular complexity index is 1940. The fourth-order valence-corrected chi connectivity index (χ4v) is 6.45. The minimum absolute atomic E-state index is 0.0344. The summed E-state index contributed by atoms with van der Waals surface area (Å²) in [5.74, 6) is 0.356. The van der Waals surface area contributed by atoms with Crippen LogP contribution >= 0.6 is 0 Å². The van der Waals surface area contributed by atoms with Gasteiger partial charge in [0.25, 0.3) is 0 Å². The summed E-state index contributed by atoms with van der Waals surface area (Å²) in [7, 11) is 0. The quantitative estimate of drug-likeness (QED) is 0.180. The van der Waals surface area contributed by atoms with Gasteiger partial charge in [0, 0.05) is 16.8 Å². The minimum atomic E-state index is -0.0344. The summed E-state index contributed by atoms with van der Waals surface area (Å²) in [5.41, 5.74) is 13.6. The van der Waals surface area contributed by atoms with Gasteiger partial charge in [0.2, 0.25) is 0 Å². The zero-order valence-corrected chi connectivity index (χ0v) is 26.8. The molecule has 2 aliphatic carbocycles. The van der Waals surface area contributed by atoms with Crippen LogP contribution in [-0.2, 0) is 5.41 Å². The Hall–Kier alpha value is -5.40. The van der Waals surface area contributed by atoms with Crippen molar-refractivity contribution in [1.29, 1.82) is 0 Å². The van der Waals surface area contributed by atoms with Crippen molar-refractivity contribution in [3.8, 4) is 33.4 Å². The van der Waals surface area contributed by atoms with Gasteiger partial charge < -0.3 is 5.32 Å². The van der Waals surface area contributed by atoms with E-state index in [1.54, 1.807) is 6.08 Å². The first-order valence-corrected chi connectivity index (χ1v) is 16.0. The number of anilines is 1. The Morgan fingerprint density at radius 1 is 0.739 bits per heavy atom. The van der Waals surface area contributed by atoms with Crippen molar-refractivity contribution in [2.24, 2.45) is 5.92 Å². The molecule has 0 amide bonds. The fraction of sp³-hybridized carbons (Fsp3) is 0.111. The maximum absolute atomic E-state index is 3.92. The van der Waals surface area contributed by atoms with Gasteiger partial charge in [-0.15, -0.1) is 0 Å². The molecule has 4 aromatic carbocycles. The number of nitrogens with one attached hydrogen (secondary N) is 1. The van der Waals surface area contributed by atoms with Crippen molar-refractivity contribution >= 4 is 5.69 Å². The van der Waals surface area contributed by atoms with E-state index in [2.05, 4.69) is 160 Å². The van der Waals surface area contributed by atoms with Crippen LogP contribution in [0.2, 0.25) is 0 Å². The van der Waals surface area contributed by atoms with Crippen LogP contribution in [0.3, 0.4) is 0 Å². The second-order valence-electron chi connectivity index (χ2n) is 12.3. The van der Waals surface area contributed by atoms with Crippen LogP contribution in [0.25, 0.3) is 33.4 Å². The highest BCUT2D eigenvalue weighted by molar-refractivity contribution is 5.89. The second-order valence-corrected chi connectivity index (χ2v) is 12.3. The Balaban J connectivity index is 1.22. The molecule has 0 aliphatic heterocycles. The first-order chi connectivity index (χ1) is 22.5. The molecule has 0 bridgehead atoms. The molecule has 1 N–H and O–H groups in total. The molecule has 0 spiro atoms. The first kappa shape index (κ1) is 30.6. The molecule has 0 heterocycles. The highest BCUT2D eigenvalue weighted by Gasteiger charge is 2.35. The van der Waals surface area contributed by atoms with Gasteiger partial charge in [0.05, 0.1) is 0 Å². The summed E-state index contributed by atoms with van der Waals surface area (Å²) in [5, 5.41) is 3.68. The van der Waals surface area contributed by atoms with Crippen LogP contribution in [-0.4, -0.2) is 0 Å². The monoisotopic (exact) mass is 595 g/mol. The smallest absolute Gasteiger partial charge is 0.0390 e. The Kier molecular flexibility index (Phi) is 9.13. The first-order valence-electron chi connectivity index (χ1n) is 16.0. The average Bonchev–Trinajstić information content (AvgIpc) is 3.32. The number of fused-ring (bicyclic) bond motifs is 3. The van der Waals surface area contributed by atoms with Crippen LogP contribution in [0.4, 0.5) is 5.69 Å². The number of hydrogen-bond donors (Lipinski definition) is 1. The maximum Gasteiger partial charge on any atom is 0.0390 e. The van der Waals surface area contributed by atoms with Crippen LogP contribution in [0.15, 0.2) is 188 Å². The Labute approximate surface area is 274 Å². The fourth-order valence-electron chi connectivity index (χ4n) is 6.45. The third kappa shape index (κ3) is 6.50. The molecule has 1 atom stereocenters. The standard InChI is InChI=1S/C45H41N/c1-5-7-8-10-16-33(6-2)17-15-18-34-23-26-37(27-24-34)46-38-28-30-39(42(32-38)35-19-11-9-12-20-35)36-25-29-41-40-21-13-14-22-43(40)45(3,4)44(41)31-36/h5-23,25-32,34,46H,1-2,24H2,3-4H3/b8-7-,16-10+,18-15+,33-17+. The molecule has 46 heavy (non-hydrogen) atoms. The zero-order valence-electron chi connectivity index (χ0n) is 26.8. The lowest BCUT2D eigenvalue weighted by molar-refractivity contribution is 0.660. The zero-order chi connectivity index (χ0) is 31.9. The van der Waals surface area contributed by atoms with Crippen molar-refractivity contribution in [2.45, 2.75) is 25.7 Å². The van der Waals surface area contributed by atoms with E-state index >= 15 is 0 Å². The third-order valence-electron chi connectivity index (χ3n) is 8.95. The molecule has 6 rings (SSSR count). The molecule has 1 heteroatoms. The van der Waals surface area contributed by atoms with E-state index in [0.717, 1.165) is 23.4 Å². The molecule has 1 unspecified atom stereocenters. The summed E-state index contributed by atoms with van der Waals surface area (Å²) in [6.45, 7) is 12.3. The highest BCUT2D eigenvalue weighted by atomic mass is 14.9. The summed E-state index contributed by atoms with van der Waals surface area (Å²) in [6.07, 6.45) is 25.6. The van der Waals surface area contributed by atoms with Gasteiger partial charge in [-0.1, -0.05) is 167 Å². The van der Waals surface area contributed by atoms with Crippen molar-refractivity contribution in [2.75, 3.05) is 5.32 Å². The number of rotatable bonds is 10. The normalized spacial score (nSPS) is 16.9. The van der Waals surface area contributed by atoms with Gasteiger partial charge in [-0.25, -0.2) is 0 Å². The predicted octanol–water partition coefficient (Wildman–Crippen LogP) is 12.2. The van der Waals surface area contributed by atoms with E-state index < -0.39 is 0 Å². The van der Waals surface area contributed by atoms with E-state index in [1.807, 2.05) is 30.4 Å². The lowest BCUT2D eigenvalue weighted by Crippen LogP contribution is -2.14. The van der Waals surface area contributed by atoms with Gasteiger partial charge in [0.15, 0.2) is 0 Å². The largest absolute Gasteiger partial charge is 0.356 e. The molecule has 0 radical (unpaired) electrons. The van der Waals surface area contributed by atoms with Crippen molar-refractivity contribution in [3.63, 3.8) is 0 Å². The van der Waals surface area contributed by atoms with Crippen LogP contribution in [0.5, 0.6) is 0 Å². The summed E-state index contributed by atoms with van der Waals surface area (Å²) in [6, 6.07) is 33.3. The lowest BCUT2D eigenvalue weighted by atomic mass is 9.81. The van der Waals surface area contributed by atoms with Gasteiger partial charge in [-0.2, -0.15) is 0 Å². The predicted molar refractivity (Wildman–Crippen MR) is 200 cm³/mol. The molecule has 0 fully saturated rings. The number of hydrogen-bond acceptors (Lipinski definition) is 1. The summed E-state index contributed by atoms with van der Waals surface area (Å²) >= 11 is 0. The van der Waals surface area contributed by atoms with Crippen LogP contribution in [0, 0.1) is 5.92 Å². The van der Waals surface area contributed by atoms with E-state index in [-0.39, 0.29) is 5.41 Å². The summed E-state index contributed by atoms with van der Waals surface area (Å²) in [4.78, 5) is 0. The molecule has 1 nitrogen and oxygen atoms in total. The molecule has 0 saturated heterocycles. The molecule has 0 saturated carbocycles. The van der Waals surface area contributed by atoms with Crippen LogP contribution < -0.4 is 5.32 Å². The number of benzene rings is 4. The molecular weight excluding hydrogens is 555 g/mol. The van der Waals surface area contributed by atoms with Crippen LogP contribution in [0.1, 0.15) is 31.4 Å². The number of allylic oxidation sites excluding steroid dienone is 13. The van der Waals surface area contributed by atoms with Gasteiger partial charge in [-0.05, 0) is 86.7 Å². The molecule has 226 valence electrons. The molecule has 2 aliphatic rings. The van der Waals surface area contributed by atoms with Gasteiger partial charge in [0.1, 0.15) is 0 Å². The van der Waals surface area contributed by atoms with E-state index in [4.69, 9.17) is 0 Å². The second kappa shape index (κ2) is 13.7. The topological polar surface area (TPSA) is 12.0 Å². The average molecular weight is 596 g/mol. The van der Waals surface area contributed by atoms with Gasteiger partial charge >= 0.3 is 0 Å². The highest BCUT2D eigenvalue weighted by Crippen LogP contribution is 2.50.